The Kier molecular flexibility index (Phi) is 5.73. The Balaban J connectivity index is 2.53. The van der Waals surface area contributed by atoms with Gasteiger partial charge in [-0.2, -0.15) is 0 Å². The Morgan fingerprint density at radius 1 is 1.50 bits per heavy atom. The zero-order valence-corrected chi connectivity index (χ0v) is 11.4. The Labute approximate surface area is 104 Å². The van der Waals surface area contributed by atoms with E-state index < -0.39 is 0 Å². The van der Waals surface area contributed by atoms with Crippen molar-refractivity contribution in [3.05, 3.63) is 22.3 Å². The van der Waals surface area contributed by atoms with Crippen LogP contribution in [0.25, 0.3) is 0 Å². The van der Waals surface area contributed by atoms with Gasteiger partial charge in [-0.05, 0) is 34.5 Å². The highest BCUT2D eigenvalue weighted by atomic mass is 79.9. The first kappa shape index (κ1) is 13.4. The van der Waals surface area contributed by atoms with Crippen LogP contribution in [0.4, 0.5) is 5.82 Å². The van der Waals surface area contributed by atoms with Gasteiger partial charge in [0, 0.05) is 31.4 Å². The first-order chi connectivity index (χ1) is 7.67. The summed E-state index contributed by atoms with van der Waals surface area (Å²) in [4.78, 5) is 4.29. The van der Waals surface area contributed by atoms with E-state index >= 15 is 0 Å². The number of aromatic nitrogens is 1. The van der Waals surface area contributed by atoms with Crippen LogP contribution in [0, 0.1) is 6.92 Å². The van der Waals surface area contributed by atoms with Crippen molar-refractivity contribution in [2.24, 2.45) is 0 Å². The number of nitrogens with one attached hydrogen (secondary N) is 1. The molecule has 5 heteroatoms. The summed E-state index contributed by atoms with van der Waals surface area (Å²) < 4.78 is 11.3. The van der Waals surface area contributed by atoms with E-state index in [2.05, 4.69) is 26.2 Å². The molecule has 0 amide bonds. The van der Waals surface area contributed by atoms with Crippen molar-refractivity contribution in [3.8, 4) is 0 Å². The van der Waals surface area contributed by atoms with E-state index in [4.69, 9.17) is 9.47 Å². The Hall–Kier alpha value is -0.650. The van der Waals surface area contributed by atoms with Gasteiger partial charge in [-0.3, -0.25) is 0 Å². The topological polar surface area (TPSA) is 43.4 Å². The summed E-state index contributed by atoms with van der Waals surface area (Å²) in [6, 6.07) is 2.02. The third-order valence-corrected chi connectivity index (χ3v) is 2.66. The molecule has 1 aromatic heterocycles. The summed E-state index contributed by atoms with van der Waals surface area (Å²) in [5.74, 6) is 0.876. The molecular formula is C11H17BrN2O2. The maximum Gasteiger partial charge on any atom is 0.129 e. The predicted octanol–water partition coefficient (Wildman–Crippen LogP) is 2.23. The summed E-state index contributed by atoms with van der Waals surface area (Å²) >= 11 is 3.38. The van der Waals surface area contributed by atoms with Gasteiger partial charge >= 0.3 is 0 Å². The number of hydrogen-bond acceptors (Lipinski definition) is 4. The van der Waals surface area contributed by atoms with Gasteiger partial charge in [0.2, 0.25) is 0 Å². The molecule has 0 aliphatic carbocycles. The number of pyridine rings is 1. The Morgan fingerprint density at radius 3 is 2.81 bits per heavy atom. The van der Waals surface area contributed by atoms with E-state index in [9.17, 15) is 0 Å². The highest BCUT2D eigenvalue weighted by molar-refractivity contribution is 9.10. The lowest BCUT2D eigenvalue weighted by Gasteiger charge is -2.16. The number of ether oxygens (including phenoxy) is 2. The van der Waals surface area contributed by atoms with Gasteiger partial charge in [-0.15, -0.1) is 0 Å². The second kappa shape index (κ2) is 6.83. The highest BCUT2D eigenvalue weighted by Gasteiger charge is 2.07. The van der Waals surface area contributed by atoms with Gasteiger partial charge < -0.3 is 14.8 Å². The van der Waals surface area contributed by atoms with Crippen molar-refractivity contribution in [1.82, 2.24) is 4.98 Å². The van der Waals surface area contributed by atoms with Crippen molar-refractivity contribution in [1.29, 1.82) is 0 Å². The molecule has 1 N–H and O–H groups in total. The SMILES string of the molecule is COCC(CNc1ncc(Br)cc1C)OC. The number of nitrogens with zero attached hydrogens (tertiary/aromatic N) is 1. The van der Waals surface area contributed by atoms with Gasteiger partial charge in [-0.1, -0.05) is 0 Å². The number of aryl methyl sites for hydroxylation is 1. The zero-order chi connectivity index (χ0) is 12.0. The normalized spacial score (nSPS) is 12.5. The van der Waals surface area contributed by atoms with E-state index in [1.165, 1.54) is 0 Å². The van der Waals surface area contributed by atoms with Crippen molar-refractivity contribution in [3.63, 3.8) is 0 Å². The first-order valence-corrected chi connectivity index (χ1v) is 5.84. The molecule has 0 bridgehead atoms. The minimum absolute atomic E-state index is 0.0369. The molecule has 1 unspecified atom stereocenters. The number of rotatable bonds is 6. The van der Waals surface area contributed by atoms with E-state index in [1.54, 1.807) is 20.4 Å². The van der Waals surface area contributed by atoms with Crippen LogP contribution >= 0.6 is 15.9 Å². The van der Waals surface area contributed by atoms with Gasteiger partial charge in [-0.25, -0.2) is 4.98 Å². The van der Waals surface area contributed by atoms with Crippen LogP contribution in [0.2, 0.25) is 0 Å². The molecule has 0 aliphatic rings. The predicted molar refractivity (Wildman–Crippen MR) is 67.8 cm³/mol. The van der Waals surface area contributed by atoms with Crippen LogP contribution in [0.5, 0.6) is 0 Å². The minimum Gasteiger partial charge on any atom is -0.382 e. The lowest BCUT2D eigenvalue weighted by molar-refractivity contribution is 0.0365. The van der Waals surface area contributed by atoms with Crippen molar-refractivity contribution < 1.29 is 9.47 Å². The molecule has 0 saturated heterocycles. The second-order valence-corrected chi connectivity index (χ2v) is 4.43. The lowest BCUT2D eigenvalue weighted by Crippen LogP contribution is -2.27. The van der Waals surface area contributed by atoms with Crippen molar-refractivity contribution in [2.45, 2.75) is 13.0 Å². The van der Waals surface area contributed by atoms with Crippen LogP contribution in [0.3, 0.4) is 0 Å². The average molecular weight is 289 g/mol. The largest absolute Gasteiger partial charge is 0.382 e. The van der Waals surface area contributed by atoms with Crippen LogP contribution in [0.1, 0.15) is 5.56 Å². The van der Waals surface area contributed by atoms with Gasteiger partial charge in [0.15, 0.2) is 0 Å². The molecule has 0 fully saturated rings. The maximum atomic E-state index is 5.25. The summed E-state index contributed by atoms with van der Waals surface area (Å²) in [6.45, 7) is 3.26. The van der Waals surface area contributed by atoms with Crippen LogP contribution < -0.4 is 5.32 Å². The average Bonchev–Trinajstić information content (AvgIpc) is 2.26. The number of anilines is 1. The fraction of sp³-hybridized carbons (Fsp3) is 0.545. The second-order valence-electron chi connectivity index (χ2n) is 3.51. The number of methoxy groups -OCH3 is 2. The standard InChI is InChI=1S/C11H17BrN2O2/c1-8-4-9(12)5-13-11(8)14-6-10(16-3)7-15-2/h4-5,10H,6-7H2,1-3H3,(H,13,14). The minimum atomic E-state index is 0.0369. The van der Waals surface area contributed by atoms with Crippen LogP contribution in [0.15, 0.2) is 16.7 Å². The van der Waals surface area contributed by atoms with E-state index in [0.717, 1.165) is 15.9 Å². The quantitative estimate of drug-likeness (QED) is 0.872. The molecule has 0 radical (unpaired) electrons. The zero-order valence-electron chi connectivity index (χ0n) is 9.79. The lowest BCUT2D eigenvalue weighted by atomic mass is 10.3. The van der Waals surface area contributed by atoms with Crippen molar-refractivity contribution in [2.75, 3.05) is 32.7 Å². The molecule has 90 valence electrons. The van der Waals surface area contributed by atoms with Crippen molar-refractivity contribution >= 4 is 21.7 Å². The molecule has 16 heavy (non-hydrogen) atoms. The number of halogens is 1. The molecule has 0 aromatic carbocycles. The Bertz CT molecular complexity index is 334. The fourth-order valence-corrected chi connectivity index (χ4v) is 1.78. The monoisotopic (exact) mass is 288 g/mol. The first-order valence-electron chi connectivity index (χ1n) is 5.05. The summed E-state index contributed by atoms with van der Waals surface area (Å²) in [6.07, 6.45) is 1.81. The summed E-state index contributed by atoms with van der Waals surface area (Å²) in [5, 5.41) is 3.24. The molecule has 1 heterocycles. The van der Waals surface area contributed by atoms with E-state index in [1.807, 2.05) is 13.0 Å². The molecular weight excluding hydrogens is 272 g/mol. The van der Waals surface area contributed by atoms with Gasteiger partial charge in [0.25, 0.3) is 0 Å². The molecule has 1 aromatic rings. The highest BCUT2D eigenvalue weighted by Crippen LogP contribution is 2.16. The third-order valence-electron chi connectivity index (χ3n) is 2.23. The molecule has 0 aliphatic heterocycles. The van der Waals surface area contributed by atoms with E-state index in [-0.39, 0.29) is 6.10 Å². The fourth-order valence-electron chi connectivity index (χ4n) is 1.33. The third kappa shape index (κ3) is 4.08. The molecule has 1 rings (SSSR count). The summed E-state index contributed by atoms with van der Waals surface area (Å²) in [7, 11) is 3.34. The molecule has 0 saturated carbocycles. The maximum absolute atomic E-state index is 5.25. The Morgan fingerprint density at radius 2 is 2.25 bits per heavy atom. The number of hydrogen-bond donors (Lipinski definition) is 1. The molecule has 4 nitrogen and oxygen atoms in total. The van der Waals surface area contributed by atoms with Gasteiger partial charge in [0.05, 0.1) is 12.7 Å². The molecule has 0 spiro atoms. The summed E-state index contributed by atoms with van der Waals surface area (Å²) in [5.41, 5.74) is 1.10. The van der Waals surface area contributed by atoms with Gasteiger partial charge in [0.1, 0.15) is 5.82 Å². The van der Waals surface area contributed by atoms with Crippen LogP contribution in [-0.4, -0.2) is 38.5 Å². The van der Waals surface area contributed by atoms with E-state index in [0.29, 0.717) is 13.2 Å². The molecule has 1 atom stereocenters. The van der Waals surface area contributed by atoms with Crippen LogP contribution in [-0.2, 0) is 9.47 Å². The smallest absolute Gasteiger partial charge is 0.129 e.